The summed E-state index contributed by atoms with van der Waals surface area (Å²) in [7, 11) is 0. The molecule has 0 amide bonds. The van der Waals surface area contributed by atoms with E-state index in [1.54, 1.807) is 18.2 Å². The molecule has 35 heavy (non-hydrogen) atoms. The van der Waals surface area contributed by atoms with Crippen LogP contribution in [0, 0.1) is 0 Å². The van der Waals surface area contributed by atoms with E-state index in [4.69, 9.17) is 0 Å². The van der Waals surface area contributed by atoms with Gasteiger partial charge in [0.15, 0.2) is 5.83 Å². The fourth-order valence-electron chi connectivity index (χ4n) is 3.69. The van der Waals surface area contributed by atoms with Gasteiger partial charge in [0, 0.05) is 29.9 Å². The van der Waals surface area contributed by atoms with Gasteiger partial charge in [-0.15, -0.1) is 34.0 Å². The van der Waals surface area contributed by atoms with Crippen molar-refractivity contribution in [2.45, 2.75) is 70.1 Å². The van der Waals surface area contributed by atoms with Gasteiger partial charge in [0.25, 0.3) is 0 Å². The SMILES string of the molecule is CC(C)(C)c1ccc(-c2cc(C3=C(F)C(F)(F)C(F)(F)C3(F)F)c(-c3ccc(C(C)(C)C)s3)s2)s1. The van der Waals surface area contributed by atoms with E-state index >= 15 is 0 Å². The molecule has 0 nitrogen and oxygen atoms in total. The van der Waals surface area contributed by atoms with Crippen LogP contribution in [0.3, 0.4) is 0 Å². The maximum atomic E-state index is 14.8. The Balaban J connectivity index is 1.97. The van der Waals surface area contributed by atoms with Crippen molar-refractivity contribution in [2.24, 2.45) is 0 Å². The molecule has 0 aromatic carbocycles. The summed E-state index contributed by atoms with van der Waals surface area (Å²) in [5.74, 6) is -19.7. The van der Waals surface area contributed by atoms with Crippen LogP contribution in [0.25, 0.3) is 25.1 Å². The van der Waals surface area contributed by atoms with Crippen LogP contribution in [0.1, 0.15) is 56.9 Å². The zero-order valence-corrected chi connectivity index (χ0v) is 22.2. The normalized spacial score (nSPS) is 19.6. The van der Waals surface area contributed by atoms with Gasteiger partial charge < -0.3 is 0 Å². The molecule has 4 rings (SSSR count). The molecular formula is C25H23F7S3. The van der Waals surface area contributed by atoms with E-state index in [-0.39, 0.29) is 15.7 Å². The minimum atomic E-state index is -5.88. The van der Waals surface area contributed by atoms with Crippen molar-refractivity contribution < 1.29 is 30.7 Å². The van der Waals surface area contributed by atoms with Crippen molar-refractivity contribution in [1.82, 2.24) is 0 Å². The molecule has 0 spiro atoms. The molecule has 0 saturated heterocycles. The molecular weight excluding hydrogens is 529 g/mol. The van der Waals surface area contributed by atoms with E-state index < -0.39 is 34.7 Å². The van der Waals surface area contributed by atoms with Crippen LogP contribution >= 0.6 is 34.0 Å². The second kappa shape index (κ2) is 7.92. The van der Waals surface area contributed by atoms with Gasteiger partial charge in [0.1, 0.15) is 0 Å². The third-order valence-electron chi connectivity index (χ3n) is 5.76. The summed E-state index contributed by atoms with van der Waals surface area (Å²) in [5.41, 5.74) is -3.06. The summed E-state index contributed by atoms with van der Waals surface area (Å²) in [5, 5.41) is 0. The van der Waals surface area contributed by atoms with Gasteiger partial charge in [-0.3, -0.25) is 0 Å². The maximum absolute atomic E-state index is 14.8. The van der Waals surface area contributed by atoms with Crippen LogP contribution in [0.5, 0.6) is 0 Å². The molecule has 0 saturated carbocycles. The summed E-state index contributed by atoms with van der Waals surface area (Å²) in [6.45, 7) is 11.8. The van der Waals surface area contributed by atoms with Crippen molar-refractivity contribution >= 4 is 39.6 Å². The Kier molecular flexibility index (Phi) is 5.98. The van der Waals surface area contributed by atoms with Gasteiger partial charge in [0.05, 0.1) is 10.5 Å². The highest BCUT2D eigenvalue weighted by atomic mass is 32.1. The Hall–Kier alpha value is -1.65. The van der Waals surface area contributed by atoms with Crippen LogP contribution in [0.15, 0.2) is 36.2 Å². The van der Waals surface area contributed by atoms with E-state index in [2.05, 4.69) is 0 Å². The number of allylic oxidation sites excluding steroid dienone is 2. The molecule has 3 aromatic rings. The first-order valence-electron chi connectivity index (χ1n) is 10.7. The summed E-state index contributed by atoms with van der Waals surface area (Å²) in [6, 6.07) is 8.16. The molecule has 1 aliphatic carbocycles. The number of hydrogen-bond acceptors (Lipinski definition) is 3. The molecule has 3 aromatic heterocycles. The van der Waals surface area contributed by atoms with Gasteiger partial charge in [-0.25, -0.2) is 4.39 Å². The molecule has 10 heteroatoms. The molecule has 190 valence electrons. The van der Waals surface area contributed by atoms with Crippen molar-refractivity contribution in [2.75, 3.05) is 0 Å². The van der Waals surface area contributed by atoms with E-state index in [0.29, 0.717) is 14.6 Å². The van der Waals surface area contributed by atoms with Crippen LogP contribution in [0.2, 0.25) is 0 Å². The molecule has 0 aliphatic heterocycles. The molecule has 0 radical (unpaired) electrons. The quantitative estimate of drug-likeness (QED) is 0.284. The zero-order chi connectivity index (χ0) is 26.4. The summed E-state index contributed by atoms with van der Waals surface area (Å²) < 4.78 is 100. The molecule has 0 unspecified atom stereocenters. The minimum absolute atomic E-state index is 0.0598. The first-order valence-corrected chi connectivity index (χ1v) is 13.1. The molecule has 0 atom stereocenters. The van der Waals surface area contributed by atoms with Crippen LogP contribution in [0.4, 0.5) is 30.7 Å². The van der Waals surface area contributed by atoms with Crippen molar-refractivity contribution in [1.29, 1.82) is 0 Å². The van der Waals surface area contributed by atoms with Gasteiger partial charge in [-0.05, 0) is 41.2 Å². The lowest BCUT2D eigenvalue weighted by atomic mass is 9.95. The third-order valence-corrected chi connectivity index (χ3v) is 10.3. The highest BCUT2D eigenvalue weighted by molar-refractivity contribution is 7.26. The van der Waals surface area contributed by atoms with Crippen LogP contribution in [-0.2, 0) is 10.8 Å². The maximum Gasteiger partial charge on any atom is 0.383 e. The monoisotopic (exact) mass is 552 g/mol. The number of thiophene rings is 3. The fraction of sp³-hybridized carbons (Fsp3) is 0.440. The zero-order valence-electron chi connectivity index (χ0n) is 19.8. The molecule has 0 N–H and O–H groups in total. The van der Waals surface area contributed by atoms with Gasteiger partial charge in [0.2, 0.25) is 0 Å². The summed E-state index contributed by atoms with van der Waals surface area (Å²) in [4.78, 5) is 3.41. The molecule has 0 fully saturated rings. The van der Waals surface area contributed by atoms with Crippen LogP contribution in [-0.4, -0.2) is 17.8 Å². The lowest BCUT2D eigenvalue weighted by Gasteiger charge is -2.24. The first kappa shape index (κ1) is 26.4. The standard InChI is InChI=1S/C25H23F7S3/c1-21(2,3)16-9-7-13(33-16)15-11-12(18-20(26)24(29,30)25(31,32)23(18,27)28)19(35-15)14-8-10-17(34-14)22(4,5)6/h7-11H,1-6H3. The largest absolute Gasteiger partial charge is 0.383 e. The second-order valence-corrected chi connectivity index (χ2v) is 13.8. The molecule has 3 heterocycles. The average Bonchev–Trinajstić information content (AvgIpc) is 3.45. The second-order valence-electron chi connectivity index (χ2n) is 10.6. The highest BCUT2D eigenvalue weighted by Gasteiger charge is 2.81. The highest BCUT2D eigenvalue weighted by Crippen LogP contribution is 2.64. The van der Waals surface area contributed by atoms with Gasteiger partial charge >= 0.3 is 17.8 Å². The van der Waals surface area contributed by atoms with E-state index in [1.807, 2.05) is 47.6 Å². The average molecular weight is 553 g/mol. The summed E-state index contributed by atoms with van der Waals surface area (Å²) >= 11 is 3.62. The number of rotatable bonds is 3. The Bertz CT molecular complexity index is 1310. The molecule has 1 aliphatic rings. The minimum Gasteiger partial charge on any atom is -0.204 e. The Morgan fingerprint density at radius 2 is 1.11 bits per heavy atom. The first-order chi connectivity index (χ1) is 15.8. The molecule has 0 bridgehead atoms. The third kappa shape index (κ3) is 4.00. The van der Waals surface area contributed by atoms with E-state index in [0.717, 1.165) is 27.2 Å². The van der Waals surface area contributed by atoms with Crippen LogP contribution < -0.4 is 0 Å². The predicted octanol–water partition coefficient (Wildman–Crippen LogP) is 10.4. The number of hydrogen-bond donors (Lipinski definition) is 0. The smallest absolute Gasteiger partial charge is 0.204 e. The van der Waals surface area contributed by atoms with E-state index in [9.17, 15) is 30.7 Å². The number of alkyl halides is 6. The summed E-state index contributed by atoms with van der Waals surface area (Å²) in [6.07, 6.45) is 0. The lowest BCUT2D eigenvalue weighted by Crippen LogP contribution is -2.48. The van der Waals surface area contributed by atoms with Crippen molar-refractivity contribution in [3.8, 4) is 19.5 Å². The van der Waals surface area contributed by atoms with Crippen molar-refractivity contribution in [3.05, 3.63) is 51.5 Å². The Morgan fingerprint density at radius 3 is 1.54 bits per heavy atom. The lowest BCUT2D eigenvalue weighted by molar-refractivity contribution is -0.263. The van der Waals surface area contributed by atoms with E-state index in [1.165, 1.54) is 22.7 Å². The Morgan fingerprint density at radius 1 is 0.629 bits per heavy atom. The van der Waals surface area contributed by atoms with Gasteiger partial charge in [-0.1, -0.05) is 41.5 Å². The Labute approximate surface area is 211 Å². The van der Waals surface area contributed by atoms with Gasteiger partial charge in [-0.2, -0.15) is 26.3 Å². The predicted molar refractivity (Wildman–Crippen MR) is 131 cm³/mol. The number of halogens is 7. The fourth-order valence-corrected chi connectivity index (χ4v) is 7.19. The topological polar surface area (TPSA) is 0 Å². The van der Waals surface area contributed by atoms with Crippen molar-refractivity contribution in [3.63, 3.8) is 0 Å².